The lowest BCUT2D eigenvalue weighted by atomic mass is 9.75. The van der Waals surface area contributed by atoms with Crippen molar-refractivity contribution in [3.8, 4) is 0 Å². The highest BCUT2D eigenvalue weighted by molar-refractivity contribution is 5.01. The Morgan fingerprint density at radius 2 is 1.67 bits per heavy atom. The zero-order valence-corrected chi connectivity index (χ0v) is 12.7. The van der Waals surface area contributed by atoms with Gasteiger partial charge in [-0.05, 0) is 24.7 Å². The Morgan fingerprint density at radius 1 is 1.06 bits per heavy atom. The van der Waals surface area contributed by atoms with Gasteiger partial charge in [0.1, 0.15) is 0 Å². The van der Waals surface area contributed by atoms with Gasteiger partial charge in [0.15, 0.2) is 0 Å². The minimum atomic E-state index is -0.217. The summed E-state index contributed by atoms with van der Waals surface area (Å²) in [6, 6.07) is 0. The quantitative estimate of drug-likeness (QED) is 0.647. The number of aliphatic hydroxyl groups is 1. The summed E-state index contributed by atoms with van der Waals surface area (Å²) in [5.74, 6) is 0. The molecule has 3 N–H and O–H groups in total. The van der Waals surface area contributed by atoms with Crippen molar-refractivity contribution in [1.29, 1.82) is 0 Å². The van der Waals surface area contributed by atoms with Crippen LogP contribution in [0.5, 0.6) is 0 Å². The van der Waals surface area contributed by atoms with Gasteiger partial charge < -0.3 is 10.8 Å². The first kappa shape index (κ1) is 16.0. The molecule has 0 amide bonds. The number of nitrogens with two attached hydrogens (primary N) is 1. The van der Waals surface area contributed by atoms with Crippen LogP contribution in [0.2, 0.25) is 0 Å². The molecule has 0 aromatic rings. The molecule has 1 saturated carbocycles. The standard InChI is InChI=1S/C16H33NO/c1-4-5-6-7-8-9-10-16(13-17)12-11-15(2,3)14(16)18/h14,18H,4-13,17H2,1-3H3. The third-order valence-electron chi connectivity index (χ3n) is 5.02. The monoisotopic (exact) mass is 255 g/mol. The second kappa shape index (κ2) is 6.91. The zero-order valence-electron chi connectivity index (χ0n) is 12.7. The lowest BCUT2D eigenvalue weighted by Crippen LogP contribution is -2.42. The minimum Gasteiger partial charge on any atom is -0.392 e. The molecule has 0 spiro atoms. The van der Waals surface area contributed by atoms with E-state index in [1.54, 1.807) is 0 Å². The molecule has 0 aromatic carbocycles. The molecule has 2 unspecified atom stereocenters. The Morgan fingerprint density at radius 3 is 2.17 bits per heavy atom. The van der Waals surface area contributed by atoms with E-state index in [-0.39, 0.29) is 16.9 Å². The molecule has 1 aliphatic rings. The van der Waals surface area contributed by atoms with Gasteiger partial charge in [0, 0.05) is 12.0 Å². The Bertz CT molecular complexity index is 239. The van der Waals surface area contributed by atoms with Crippen LogP contribution in [-0.2, 0) is 0 Å². The molecule has 0 saturated heterocycles. The number of aliphatic hydroxyl groups excluding tert-OH is 1. The minimum absolute atomic E-state index is 0.00819. The highest BCUT2D eigenvalue weighted by atomic mass is 16.3. The van der Waals surface area contributed by atoms with E-state index in [1.165, 1.54) is 38.5 Å². The maximum Gasteiger partial charge on any atom is 0.0659 e. The van der Waals surface area contributed by atoms with Crippen LogP contribution in [0.15, 0.2) is 0 Å². The average Bonchev–Trinajstić information content (AvgIpc) is 2.58. The van der Waals surface area contributed by atoms with E-state index in [0.717, 1.165) is 19.3 Å². The van der Waals surface area contributed by atoms with Crippen molar-refractivity contribution >= 4 is 0 Å². The fourth-order valence-corrected chi connectivity index (χ4v) is 3.51. The summed E-state index contributed by atoms with van der Waals surface area (Å²) in [5, 5.41) is 10.5. The normalized spacial score (nSPS) is 30.8. The Balaban J connectivity index is 2.34. The topological polar surface area (TPSA) is 46.2 Å². The van der Waals surface area contributed by atoms with Crippen LogP contribution in [0.1, 0.15) is 78.6 Å². The molecule has 1 fully saturated rings. The van der Waals surface area contributed by atoms with E-state index >= 15 is 0 Å². The third kappa shape index (κ3) is 3.71. The maximum atomic E-state index is 10.5. The molecule has 1 rings (SSSR count). The Labute approximate surface area is 113 Å². The summed E-state index contributed by atoms with van der Waals surface area (Å²) in [5.41, 5.74) is 6.05. The van der Waals surface area contributed by atoms with E-state index in [4.69, 9.17) is 5.73 Å². The molecule has 2 nitrogen and oxygen atoms in total. The average molecular weight is 255 g/mol. The Kier molecular flexibility index (Phi) is 6.13. The van der Waals surface area contributed by atoms with Crippen LogP contribution in [0.25, 0.3) is 0 Å². The van der Waals surface area contributed by atoms with Gasteiger partial charge in [-0.1, -0.05) is 59.3 Å². The van der Waals surface area contributed by atoms with E-state index in [2.05, 4.69) is 20.8 Å². The smallest absolute Gasteiger partial charge is 0.0659 e. The molecule has 0 aliphatic heterocycles. The van der Waals surface area contributed by atoms with E-state index in [0.29, 0.717) is 6.54 Å². The van der Waals surface area contributed by atoms with Crippen LogP contribution >= 0.6 is 0 Å². The molecule has 0 radical (unpaired) electrons. The van der Waals surface area contributed by atoms with E-state index in [9.17, 15) is 5.11 Å². The number of rotatable bonds is 8. The number of hydrogen-bond donors (Lipinski definition) is 2. The fourth-order valence-electron chi connectivity index (χ4n) is 3.51. The van der Waals surface area contributed by atoms with Gasteiger partial charge in [-0.15, -0.1) is 0 Å². The van der Waals surface area contributed by atoms with Crippen molar-refractivity contribution in [2.75, 3.05) is 6.54 Å². The van der Waals surface area contributed by atoms with Crippen LogP contribution in [-0.4, -0.2) is 17.8 Å². The second-order valence-corrected chi connectivity index (χ2v) is 6.98. The van der Waals surface area contributed by atoms with Crippen molar-refractivity contribution in [1.82, 2.24) is 0 Å². The molecule has 2 atom stereocenters. The Hall–Kier alpha value is -0.0800. The predicted molar refractivity (Wildman–Crippen MR) is 78.5 cm³/mol. The summed E-state index contributed by atoms with van der Waals surface area (Å²) in [4.78, 5) is 0. The molecule has 108 valence electrons. The zero-order chi connectivity index (χ0) is 13.6. The predicted octanol–water partition coefficient (Wildman–Crippen LogP) is 3.86. The van der Waals surface area contributed by atoms with Crippen LogP contribution in [0.3, 0.4) is 0 Å². The molecule has 0 heterocycles. The van der Waals surface area contributed by atoms with Gasteiger partial charge in [0.05, 0.1) is 6.10 Å². The third-order valence-corrected chi connectivity index (χ3v) is 5.02. The van der Waals surface area contributed by atoms with Crippen molar-refractivity contribution in [3.63, 3.8) is 0 Å². The highest BCUT2D eigenvalue weighted by Gasteiger charge is 2.50. The summed E-state index contributed by atoms with van der Waals surface area (Å²) in [6.07, 6.45) is 11.0. The fraction of sp³-hybridized carbons (Fsp3) is 1.00. The molecule has 2 heteroatoms. The van der Waals surface area contributed by atoms with Gasteiger partial charge in [0.25, 0.3) is 0 Å². The summed E-state index contributed by atoms with van der Waals surface area (Å²) < 4.78 is 0. The first-order chi connectivity index (χ1) is 8.48. The molecule has 1 aliphatic carbocycles. The molecule has 18 heavy (non-hydrogen) atoms. The number of hydrogen-bond acceptors (Lipinski definition) is 2. The van der Waals surface area contributed by atoms with Gasteiger partial charge in [-0.3, -0.25) is 0 Å². The number of unbranched alkanes of at least 4 members (excludes halogenated alkanes) is 5. The van der Waals surface area contributed by atoms with Crippen LogP contribution in [0.4, 0.5) is 0 Å². The van der Waals surface area contributed by atoms with Crippen LogP contribution in [0, 0.1) is 10.8 Å². The summed E-state index contributed by atoms with van der Waals surface area (Å²) in [6.45, 7) is 7.25. The second-order valence-electron chi connectivity index (χ2n) is 6.98. The first-order valence-corrected chi connectivity index (χ1v) is 7.87. The van der Waals surface area contributed by atoms with Crippen LogP contribution < -0.4 is 5.73 Å². The largest absolute Gasteiger partial charge is 0.392 e. The maximum absolute atomic E-state index is 10.5. The summed E-state index contributed by atoms with van der Waals surface area (Å²) in [7, 11) is 0. The van der Waals surface area contributed by atoms with E-state index < -0.39 is 0 Å². The van der Waals surface area contributed by atoms with Gasteiger partial charge >= 0.3 is 0 Å². The summed E-state index contributed by atoms with van der Waals surface area (Å²) >= 11 is 0. The lowest BCUT2D eigenvalue weighted by Gasteiger charge is -2.36. The van der Waals surface area contributed by atoms with Crippen molar-refractivity contribution in [3.05, 3.63) is 0 Å². The van der Waals surface area contributed by atoms with Crippen molar-refractivity contribution in [2.45, 2.75) is 84.7 Å². The molecular weight excluding hydrogens is 222 g/mol. The lowest BCUT2D eigenvalue weighted by molar-refractivity contribution is -0.0103. The SMILES string of the molecule is CCCCCCCCC1(CN)CCC(C)(C)C1O. The highest BCUT2D eigenvalue weighted by Crippen LogP contribution is 2.51. The van der Waals surface area contributed by atoms with Crippen molar-refractivity contribution in [2.24, 2.45) is 16.6 Å². The van der Waals surface area contributed by atoms with Gasteiger partial charge in [0.2, 0.25) is 0 Å². The van der Waals surface area contributed by atoms with Gasteiger partial charge in [-0.25, -0.2) is 0 Å². The molecular formula is C16H33NO. The van der Waals surface area contributed by atoms with E-state index in [1.807, 2.05) is 0 Å². The van der Waals surface area contributed by atoms with Gasteiger partial charge in [-0.2, -0.15) is 0 Å². The van der Waals surface area contributed by atoms with Crippen molar-refractivity contribution < 1.29 is 5.11 Å². The molecule has 0 aromatic heterocycles. The molecule has 0 bridgehead atoms. The first-order valence-electron chi connectivity index (χ1n) is 7.87.